The minimum Gasteiger partial charge on any atom is -0.466 e. The first-order valence-electron chi connectivity index (χ1n) is 8.20. The van der Waals surface area contributed by atoms with Crippen molar-refractivity contribution in [1.82, 2.24) is 0 Å². The average Bonchev–Trinajstić information content (AvgIpc) is 2.56. The fourth-order valence-electron chi connectivity index (χ4n) is 2.75. The lowest BCUT2D eigenvalue weighted by Crippen LogP contribution is -2.17. The molecule has 3 nitrogen and oxygen atoms in total. The SMILES string of the molecule is CCOC(=O)C[C@H](N)c1cccc(Cc2ccccc2CC)c1. The first kappa shape index (κ1) is 17.2. The van der Waals surface area contributed by atoms with E-state index in [0.717, 1.165) is 18.4 Å². The highest BCUT2D eigenvalue weighted by molar-refractivity contribution is 5.70. The first-order valence-corrected chi connectivity index (χ1v) is 8.20. The maximum atomic E-state index is 11.6. The van der Waals surface area contributed by atoms with E-state index in [0.29, 0.717) is 6.61 Å². The molecule has 0 amide bonds. The molecule has 1 atom stereocenters. The first-order chi connectivity index (χ1) is 11.1. The number of nitrogens with two attached hydrogens (primary N) is 1. The van der Waals surface area contributed by atoms with E-state index in [4.69, 9.17) is 10.5 Å². The number of benzene rings is 2. The zero-order chi connectivity index (χ0) is 16.7. The second kappa shape index (κ2) is 8.49. The van der Waals surface area contributed by atoms with Crippen LogP contribution in [-0.2, 0) is 22.4 Å². The van der Waals surface area contributed by atoms with Crippen LogP contribution >= 0.6 is 0 Å². The van der Waals surface area contributed by atoms with E-state index in [2.05, 4.69) is 43.3 Å². The van der Waals surface area contributed by atoms with Gasteiger partial charge in [-0.1, -0.05) is 55.5 Å². The monoisotopic (exact) mass is 311 g/mol. The molecule has 0 saturated carbocycles. The molecule has 0 aliphatic rings. The van der Waals surface area contributed by atoms with Crippen LogP contribution in [0.15, 0.2) is 48.5 Å². The highest BCUT2D eigenvalue weighted by Gasteiger charge is 2.13. The molecule has 0 bridgehead atoms. The van der Waals surface area contributed by atoms with E-state index in [1.54, 1.807) is 6.92 Å². The summed E-state index contributed by atoms with van der Waals surface area (Å²) in [6.07, 6.45) is 2.12. The molecule has 3 heteroatoms. The summed E-state index contributed by atoms with van der Waals surface area (Å²) in [6.45, 7) is 4.36. The highest BCUT2D eigenvalue weighted by atomic mass is 16.5. The molecule has 23 heavy (non-hydrogen) atoms. The van der Waals surface area contributed by atoms with E-state index in [-0.39, 0.29) is 18.4 Å². The molecular formula is C20H25NO2. The number of rotatable bonds is 7. The molecule has 0 aliphatic carbocycles. The molecule has 0 spiro atoms. The molecule has 122 valence electrons. The van der Waals surface area contributed by atoms with Gasteiger partial charge in [-0.25, -0.2) is 0 Å². The topological polar surface area (TPSA) is 52.3 Å². The van der Waals surface area contributed by atoms with Crippen molar-refractivity contribution in [1.29, 1.82) is 0 Å². The Morgan fingerprint density at radius 3 is 2.52 bits per heavy atom. The minimum absolute atomic E-state index is 0.211. The summed E-state index contributed by atoms with van der Waals surface area (Å²) < 4.78 is 4.97. The third-order valence-electron chi connectivity index (χ3n) is 3.96. The Kier molecular flexibility index (Phi) is 6.36. The predicted molar refractivity (Wildman–Crippen MR) is 93.2 cm³/mol. The average molecular weight is 311 g/mol. The smallest absolute Gasteiger partial charge is 0.307 e. The summed E-state index contributed by atoms with van der Waals surface area (Å²) in [5, 5.41) is 0. The van der Waals surface area contributed by atoms with Crippen LogP contribution in [0.5, 0.6) is 0 Å². The molecule has 2 aromatic carbocycles. The third kappa shape index (κ3) is 4.93. The van der Waals surface area contributed by atoms with Crippen LogP contribution in [0.25, 0.3) is 0 Å². The zero-order valence-corrected chi connectivity index (χ0v) is 13.9. The number of aryl methyl sites for hydroxylation is 1. The van der Waals surface area contributed by atoms with Gasteiger partial charge in [0.15, 0.2) is 0 Å². The second-order valence-electron chi connectivity index (χ2n) is 5.66. The van der Waals surface area contributed by atoms with Crippen molar-refractivity contribution < 1.29 is 9.53 Å². The molecule has 0 aliphatic heterocycles. The molecule has 0 radical (unpaired) electrons. The van der Waals surface area contributed by atoms with Gasteiger partial charge in [0.1, 0.15) is 0 Å². The molecule has 0 aromatic heterocycles. The number of esters is 1. The van der Waals surface area contributed by atoms with Crippen molar-refractivity contribution in [2.45, 2.75) is 39.2 Å². The van der Waals surface area contributed by atoms with E-state index in [1.807, 2.05) is 12.1 Å². The Balaban J connectivity index is 2.12. The molecule has 0 fully saturated rings. The Labute approximate surface area is 138 Å². The van der Waals surface area contributed by atoms with Crippen molar-refractivity contribution >= 4 is 5.97 Å². The van der Waals surface area contributed by atoms with E-state index in [1.165, 1.54) is 16.7 Å². The van der Waals surface area contributed by atoms with Gasteiger partial charge in [-0.15, -0.1) is 0 Å². The zero-order valence-electron chi connectivity index (χ0n) is 13.9. The quantitative estimate of drug-likeness (QED) is 0.791. The largest absolute Gasteiger partial charge is 0.466 e. The summed E-state index contributed by atoms with van der Waals surface area (Å²) in [5.41, 5.74) is 11.0. The Morgan fingerprint density at radius 1 is 1.09 bits per heavy atom. The lowest BCUT2D eigenvalue weighted by molar-refractivity contribution is -0.143. The molecule has 2 rings (SSSR count). The van der Waals surface area contributed by atoms with Gasteiger partial charge in [0.2, 0.25) is 0 Å². The molecule has 0 unspecified atom stereocenters. The van der Waals surface area contributed by atoms with Gasteiger partial charge in [0.25, 0.3) is 0 Å². The van der Waals surface area contributed by atoms with Crippen LogP contribution in [-0.4, -0.2) is 12.6 Å². The lowest BCUT2D eigenvalue weighted by Gasteiger charge is -2.13. The minimum atomic E-state index is -0.324. The Morgan fingerprint density at radius 2 is 1.83 bits per heavy atom. The summed E-state index contributed by atoms with van der Waals surface area (Å²) in [5.74, 6) is -0.248. The maximum Gasteiger partial charge on any atom is 0.307 e. The third-order valence-corrected chi connectivity index (χ3v) is 3.96. The fraction of sp³-hybridized carbons (Fsp3) is 0.350. The van der Waals surface area contributed by atoms with Crippen LogP contribution in [0.4, 0.5) is 0 Å². The van der Waals surface area contributed by atoms with E-state index in [9.17, 15) is 4.79 Å². The van der Waals surface area contributed by atoms with Crippen LogP contribution < -0.4 is 5.73 Å². The molecule has 2 N–H and O–H groups in total. The number of ether oxygens (including phenoxy) is 1. The summed E-state index contributed by atoms with van der Waals surface area (Å²) in [6, 6.07) is 16.3. The Hall–Kier alpha value is -2.13. The van der Waals surface area contributed by atoms with Crippen LogP contribution in [0, 0.1) is 0 Å². The maximum absolute atomic E-state index is 11.6. The molecule has 2 aromatic rings. The van der Waals surface area contributed by atoms with Gasteiger partial charge in [-0.05, 0) is 42.0 Å². The van der Waals surface area contributed by atoms with Crippen molar-refractivity contribution in [2.75, 3.05) is 6.61 Å². The lowest BCUT2D eigenvalue weighted by atomic mass is 9.95. The number of hydrogen-bond acceptors (Lipinski definition) is 3. The van der Waals surface area contributed by atoms with Crippen LogP contribution in [0.3, 0.4) is 0 Å². The van der Waals surface area contributed by atoms with Crippen LogP contribution in [0.2, 0.25) is 0 Å². The second-order valence-corrected chi connectivity index (χ2v) is 5.66. The van der Waals surface area contributed by atoms with Crippen molar-refractivity contribution in [3.8, 4) is 0 Å². The molecule has 0 saturated heterocycles. The van der Waals surface area contributed by atoms with E-state index >= 15 is 0 Å². The fourth-order valence-corrected chi connectivity index (χ4v) is 2.75. The van der Waals surface area contributed by atoms with Gasteiger partial charge in [0, 0.05) is 6.04 Å². The normalized spacial score (nSPS) is 12.0. The van der Waals surface area contributed by atoms with Crippen LogP contribution in [0.1, 0.15) is 48.6 Å². The number of hydrogen-bond donors (Lipinski definition) is 1. The summed E-state index contributed by atoms with van der Waals surface area (Å²) in [4.78, 5) is 11.6. The van der Waals surface area contributed by atoms with Gasteiger partial charge in [-0.3, -0.25) is 4.79 Å². The summed E-state index contributed by atoms with van der Waals surface area (Å²) >= 11 is 0. The molecular weight excluding hydrogens is 286 g/mol. The Bertz CT molecular complexity index is 652. The number of carbonyl (C=O) groups is 1. The number of carbonyl (C=O) groups excluding carboxylic acids is 1. The van der Waals surface area contributed by atoms with E-state index < -0.39 is 0 Å². The van der Waals surface area contributed by atoms with Gasteiger partial charge < -0.3 is 10.5 Å². The predicted octanol–water partition coefficient (Wildman–Crippen LogP) is 3.79. The highest BCUT2D eigenvalue weighted by Crippen LogP contribution is 2.20. The van der Waals surface area contributed by atoms with Crippen molar-refractivity contribution in [3.05, 3.63) is 70.8 Å². The molecule has 0 heterocycles. The van der Waals surface area contributed by atoms with Gasteiger partial charge in [0.05, 0.1) is 13.0 Å². The van der Waals surface area contributed by atoms with Gasteiger partial charge >= 0.3 is 5.97 Å². The van der Waals surface area contributed by atoms with Gasteiger partial charge in [-0.2, -0.15) is 0 Å². The summed E-state index contributed by atoms with van der Waals surface area (Å²) in [7, 11) is 0. The standard InChI is InChI=1S/C20H25NO2/c1-3-16-9-5-6-10-17(16)12-15-8-7-11-18(13-15)19(21)14-20(22)23-4-2/h5-11,13,19H,3-4,12,14,21H2,1-2H3/t19-/m0/s1. The van der Waals surface area contributed by atoms with Crippen molar-refractivity contribution in [2.24, 2.45) is 5.73 Å². The van der Waals surface area contributed by atoms with Crippen molar-refractivity contribution in [3.63, 3.8) is 0 Å².